The number of carbonyl (C=O) groups is 1. The quantitative estimate of drug-likeness (QED) is 0.577. The summed E-state index contributed by atoms with van der Waals surface area (Å²) in [5, 5.41) is 0. The van der Waals surface area contributed by atoms with Crippen LogP contribution in [0.15, 0.2) is 23.9 Å². The molecular formula is C12H23NO2. The second-order valence-electron chi connectivity index (χ2n) is 3.03. The van der Waals surface area contributed by atoms with Gasteiger partial charge in [0.15, 0.2) is 0 Å². The summed E-state index contributed by atoms with van der Waals surface area (Å²) in [6.07, 6.45) is 3.88. The molecule has 0 aromatic carbocycles. The minimum atomic E-state index is -0.312. The van der Waals surface area contributed by atoms with Crippen LogP contribution in [0, 0.1) is 0 Å². The number of carbonyl (C=O) groups excluding carboxylic acids is 1. The third-order valence-electron chi connectivity index (χ3n) is 1.77. The van der Waals surface area contributed by atoms with Gasteiger partial charge in [0.1, 0.15) is 0 Å². The van der Waals surface area contributed by atoms with E-state index in [1.807, 2.05) is 0 Å². The van der Waals surface area contributed by atoms with Gasteiger partial charge in [0, 0.05) is 5.57 Å². The number of ether oxygens (including phenoxy) is 1. The molecule has 3 heteroatoms. The molecule has 0 spiro atoms. The predicted octanol–water partition coefficient (Wildman–Crippen LogP) is 2.77. The van der Waals surface area contributed by atoms with Crippen molar-refractivity contribution in [2.45, 2.75) is 40.5 Å². The van der Waals surface area contributed by atoms with Gasteiger partial charge in [-0.05, 0) is 32.9 Å². The number of nitrogens with two attached hydrogens (primary N) is 1. The summed E-state index contributed by atoms with van der Waals surface area (Å²) in [6, 6.07) is 0. The van der Waals surface area contributed by atoms with E-state index in [0.717, 1.165) is 12.8 Å². The van der Waals surface area contributed by atoms with Crippen molar-refractivity contribution in [3.8, 4) is 0 Å². The zero-order valence-corrected chi connectivity index (χ0v) is 10.3. The summed E-state index contributed by atoms with van der Waals surface area (Å²) >= 11 is 0. The predicted molar refractivity (Wildman–Crippen MR) is 64.3 cm³/mol. The number of esters is 1. The molecule has 0 amide bonds. The molecule has 0 radical (unpaired) electrons. The van der Waals surface area contributed by atoms with E-state index in [1.54, 1.807) is 20.0 Å². The Morgan fingerprint density at radius 2 is 1.80 bits per heavy atom. The Morgan fingerprint density at radius 1 is 1.33 bits per heavy atom. The Kier molecular flexibility index (Phi) is 11.7. The molecule has 0 aliphatic carbocycles. The molecule has 0 heterocycles. The average Bonchev–Trinajstić information content (AvgIpc) is 2.21. The summed E-state index contributed by atoms with van der Waals surface area (Å²) in [7, 11) is 0. The van der Waals surface area contributed by atoms with Crippen molar-refractivity contribution < 1.29 is 9.53 Å². The molecule has 0 aromatic heterocycles. The largest absolute Gasteiger partial charge is 0.463 e. The molecule has 15 heavy (non-hydrogen) atoms. The van der Waals surface area contributed by atoms with Gasteiger partial charge in [-0.15, -0.1) is 0 Å². The molecule has 88 valence electrons. The van der Waals surface area contributed by atoms with Crippen LogP contribution < -0.4 is 5.73 Å². The van der Waals surface area contributed by atoms with Gasteiger partial charge in [-0.2, -0.15) is 0 Å². The van der Waals surface area contributed by atoms with E-state index in [2.05, 4.69) is 25.2 Å². The van der Waals surface area contributed by atoms with Gasteiger partial charge in [-0.25, -0.2) is 4.79 Å². The van der Waals surface area contributed by atoms with E-state index in [1.165, 1.54) is 5.57 Å². The molecular weight excluding hydrogens is 190 g/mol. The Hall–Kier alpha value is -1.25. The van der Waals surface area contributed by atoms with Gasteiger partial charge >= 0.3 is 5.97 Å². The van der Waals surface area contributed by atoms with Gasteiger partial charge in [-0.1, -0.05) is 26.0 Å². The zero-order valence-electron chi connectivity index (χ0n) is 10.3. The molecule has 0 saturated heterocycles. The zero-order chi connectivity index (χ0) is 12.3. The Morgan fingerprint density at radius 3 is 1.87 bits per heavy atom. The maximum absolute atomic E-state index is 10.4. The first-order valence-electron chi connectivity index (χ1n) is 5.25. The fourth-order valence-electron chi connectivity index (χ4n) is 0.740. The topological polar surface area (TPSA) is 52.3 Å². The maximum atomic E-state index is 10.4. The Balaban J connectivity index is 0. The minimum absolute atomic E-state index is 0.312. The van der Waals surface area contributed by atoms with Crippen molar-refractivity contribution in [1.82, 2.24) is 0 Å². The van der Waals surface area contributed by atoms with Crippen LogP contribution in [0.4, 0.5) is 0 Å². The summed E-state index contributed by atoms with van der Waals surface area (Å²) in [5.74, 6) is -0.312. The van der Waals surface area contributed by atoms with Crippen molar-refractivity contribution in [3.05, 3.63) is 23.9 Å². The molecule has 3 nitrogen and oxygen atoms in total. The number of rotatable bonds is 4. The van der Waals surface area contributed by atoms with E-state index in [4.69, 9.17) is 5.73 Å². The van der Waals surface area contributed by atoms with Crippen molar-refractivity contribution in [2.24, 2.45) is 5.73 Å². The van der Waals surface area contributed by atoms with Crippen molar-refractivity contribution in [3.63, 3.8) is 0 Å². The normalized spacial score (nSPS) is 8.27. The van der Waals surface area contributed by atoms with Gasteiger partial charge in [0.2, 0.25) is 0 Å². The highest BCUT2D eigenvalue weighted by molar-refractivity contribution is 5.86. The molecule has 0 atom stereocenters. The number of allylic oxidation sites excluding steroid dienone is 1. The second-order valence-corrected chi connectivity index (χ2v) is 3.03. The first-order chi connectivity index (χ1) is 7.03. The van der Waals surface area contributed by atoms with Gasteiger partial charge in [0.25, 0.3) is 0 Å². The lowest BCUT2D eigenvalue weighted by atomic mass is 10.2. The lowest BCUT2D eigenvalue weighted by Crippen LogP contribution is -2.03. The summed E-state index contributed by atoms with van der Waals surface area (Å²) < 4.78 is 4.56. The number of hydrogen-bond acceptors (Lipinski definition) is 3. The summed E-state index contributed by atoms with van der Waals surface area (Å²) in [5.41, 5.74) is 7.02. The van der Waals surface area contributed by atoms with Gasteiger partial charge in [0.05, 0.1) is 6.61 Å². The molecule has 0 aliphatic rings. The highest BCUT2D eigenvalue weighted by Crippen LogP contribution is 2.00. The van der Waals surface area contributed by atoms with Crippen LogP contribution in [0.5, 0.6) is 0 Å². The molecule has 0 rings (SSSR count). The first-order valence-corrected chi connectivity index (χ1v) is 5.25. The van der Waals surface area contributed by atoms with Crippen LogP contribution in [0.25, 0.3) is 0 Å². The Bertz CT molecular complexity index is 214. The third-order valence-corrected chi connectivity index (χ3v) is 1.77. The van der Waals surface area contributed by atoms with E-state index in [9.17, 15) is 4.79 Å². The van der Waals surface area contributed by atoms with Crippen molar-refractivity contribution in [1.29, 1.82) is 0 Å². The Labute approximate surface area is 93.0 Å². The van der Waals surface area contributed by atoms with E-state index in [0.29, 0.717) is 12.2 Å². The summed E-state index contributed by atoms with van der Waals surface area (Å²) in [4.78, 5) is 10.4. The van der Waals surface area contributed by atoms with E-state index in [-0.39, 0.29) is 5.97 Å². The van der Waals surface area contributed by atoms with E-state index < -0.39 is 0 Å². The van der Waals surface area contributed by atoms with Crippen LogP contribution >= 0.6 is 0 Å². The van der Waals surface area contributed by atoms with Crippen molar-refractivity contribution >= 4 is 5.97 Å². The molecule has 0 aliphatic heterocycles. The molecule has 0 fully saturated rings. The molecule has 0 saturated carbocycles. The van der Waals surface area contributed by atoms with Crippen LogP contribution in [-0.4, -0.2) is 12.6 Å². The molecule has 0 bridgehead atoms. The molecule has 0 unspecified atom stereocenters. The molecule has 0 aromatic rings. The highest BCUT2D eigenvalue weighted by Gasteiger charge is 1.98. The highest BCUT2D eigenvalue weighted by atomic mass is 16.5. The van der Waals surface area contributed by atoms with Gasteiger partial charge < -0.3 is 10.5 Å². The van der Waals surface area contributed by atoms with Crippen LogP contribution in [-0.2, 0) is 9.53 Å². The molecule has 2 N–H and O–H groups in total. The average molecular weight is 213 g/mol. The smallest absolute Gasteiger partial charge is 0.333 e. The fraction of sp³-hybridized carbons (Fsp3) is 0.583. The van der Waals surface area contributed by atoms with Crippen LogP contribution in [0.3, 0.4) is 0 Å². The summed E-state index contributed by atoms with van der Waals surface area (Å²) in [6.45, 7) is 11.4. The van der Waals surface area contributed by atoms with Gasteiger partial charge in [-0.3, -0.25) is 0 Å². The minimum Gasteiger partial charge on any atom is -0.463 e. The van der Waals surface area contributed by atoms with Crippen molar-refractivity contribution in [2.75, 3.05) is 6.61 Å². The first kappa shape index (κ1) is 16.2. The van der Waals surface area contributed by atoms with Crippen LogP contribution in [0.1, 0.15) is 40.5 Å². The lowest BCUT2D eigenvalue weighted by molar-refractivity contribution is -0.138. The fourth-order valence-corrected chi connectivity index (χ4v) is 0.740. The second kappa shape index (κ2) is 10.8. The number of hydrogen-bond donors (Lipinski definition) is 1. The SMILES string of the molecule is C=C(C)C(=O)OCC.CCC(=CN)CC. The van der Waals surface area contributed by atoms with E-state index >= 15 is 0 Å². The maximum Gasteiger partial charge on any atom is 0.333 e. The standard InChI is InChI=1S/C6H13N.C6H10O2/c1-3-6(4-2)5-7;1-4-8-6(7)5(2)3/h5H,3-4,7H2,1-2H3;2,4H2,1,3H3. The van der Waals surface area contributed by atoms with Crippen LogP contribution in [0.2, 0.25) is 0 Å². The monoisotopic (exact) mass is 213 g/mol. The third kappa shape index (κ3) is 10.7. The lowest BCUT2D eigenvalue weighted by Gasteiger charge is -1.96.